The minimum atomic E-state index is -4.88. The maximum atomic E-state index is 13.6. The predicted octanol–water partition coefficient (Wildman–Crippen LogP) is 2.89. The van der Waals surface area contributed by atoms with Gasteiger partial charge < -0.3 is 14.8 Å². The Morgan fingerprint density at radius 3 is 2.25 bits per heavy atom. The van der Waals surface area contributed by atoms with E-state index in [0.717, 1.165) is 12.1 Å². The zero-order valence-corrected chi connectivity index (χ0v) is 13.1. The van der Waals surface area contributed by atoms with Crippen LogP contribution in [0.4, 0.5) is 28.0 Å². The van der Waals surface area contributed by atoms with E-state index in [1.54, 1.807) is 10.6 Å². The molecule has 0 unspecified atom stereocenters. The van der Waals surface area contributed by atoms with Crippen molar-refractivity contribution < 1.29 is 36.6 Å². The SMILES string of the molecule is COC(C)(CC(=O)NC(=O)Nc1c(F)cccc1C(F)(F)F)OC. The number of para-hydroxylation sites is 1. The fourth-order valence-electron chi connectivity index (χ4n) is 1.72. The first-order valence-electron chi connectivity index (χ1n) is 6.59. The summed E-state index contributed by atoms with van der Waals surface area (Å²) in [6, 6.07) is 0.896. The summed E-state index contributed by atoms with van der Waals surface area (Å²) in [5.41, 5.74) is -2.44. The van der Waals surface area contributed by atoms with Crippen molar-refractivity contribution in [2.75, 3.05) is 19.5 Å². The van der Waals surface area contributed by atoms with Gasteiger partial charge in [-0.2, -0.15) is 13.2 Å². The molecule has 6 nitrogen and oxygen atoms in total. The molecule has 0 bridgehead atoms. The summed E-state index contributed by atoms with van der Waals surface area (Å²) in [5, 5.41) is 3.47. The molecule has 134 valence electrons. The van der Waals surface area contributed by atoms with Crippen LogP contribution in [0.1, 0.15) is 18.9 Å². The van der Waals surface area contributed by atoms with E-state index in [0.29, 0.717) is 6.07 Å². The molecule has 0 aromatic heterocycles. The molecule has 1 aromatic rings. The Morgan fingerprint density at radius 1 is 1.17 bits per heavy atom. The zero-order valence-electron chi connectivity index (χ0n) is 13.1. The molecule has 24 heavy (non-hydrogen) atoms. The van der Waals surface area contributed by atoms with E-state index in [1.807, 2.05) is 0 Å². The molecule has 0 saturated carbocycles. The van der Waals surface area contributed by atoms with Gasteiger partial charge in [-0.25, -0.2) is 9.18 Å². The molecule has 0 saturated heterocycles. The van der Waals surface area contributed by atoms with Crippen molar-refractivity contribution >= 4 is 17.6 Å². The van der Waals surface area contributed by atoms with Crippen LogP contribution in [0, 0.1) is 5.82 Å². The van der Waals surface area contributed by atoms with Crippen molar-refractivity contribution in [2.45, 2.75) is 25.3 Å². The average molecular weight is 352 g/mol. The standard InChI is InChI=1S/C14H16F4N2O4/c1-13(23-2,24-3)7-10(21)19-12(22)20-11-8(14(16,17)18)5-4-6-9(11)15/h4-6H,7H2,1-3H3,(H2,19,20,21,22). The third-order valence-corrected chi connectivity index (χ3v) is 3.16. The first-order valence-corrected chi connectivity index (χ1v) is 6.59. The van der Waals surface area contributed by atoms with Crippen molar-refractivity contribution in [1.82, 2.24) is 5.32 Å². The molecule has 0 heterocycles. The van der Waals surface area contributed by atoms with Gasteiger partial charge in [-0.05, 0) is 19.1 Å². The number of imide groups is 1. The van der Waals surface area contributed by atoms with Crippen molar-refractivity contribution in [2.24, 2.45) is 0 Å². The molecule has 0 fully saturated rings. The van der Waals surface area contributed by atoms with E-state index in [9.17, 15) is 27.2 Å². The number of hydrogen-bond donors (Lipinski definition) is 2. The number of anilines is 1. The van der Waals surface area contributed by atoms with Gasteiger partial charge in [-0.1, -0.05) is 6.07 Å². The lowest BCUT2D eigenvalue weighted by molar-refractivity contribution is -0.197. The summed E-state index contributed by atoms with van der Waals surface area (Å²) in [5.74, 6) is -3.49. The average Bonchev–Trinajstić information content (AvgIpc) is 2.47. The van der Waals surface area contributed by atoms with Gasteiger partial charge in [0.05, 0.1) is 17.7 Å². The summed E-state index contributed by atoms with van der Waals surface area (Å²) in [6.07, 6.45) is -5.28. The van der Waals surface area contributed by atoms with Gasteiger partial charge in [0.1, 0.15) is 5.82 Å². The van der Waals surface area contributed by atoms with Crippen LogP contribution >= 0.6 is 0 Å². The Balaban J connectivity index is 2.85. The molecule has 1 aromatic carbocycles. The van der Waals surface area contributed by atoms with E-state index >= 15 is 0 Å². The summed E-state index contributed by atoms with van der Waals surface area (Å²) < 4.78 is 61.9. The third-order valence-electron chi connectivity index (χ3n) is 3.16. The molecule has 0 aliphatic carbocycles. The molecule has 3 amide bonds. The van der Waals surface area contributed by atoms with Gasteiger partial charge in [-0.15, -0.1) is 0 Å². The van der Waals surface area contributed by atoms with Gasteiger partial charge >= 0.3 is 12.2 Å². The van der Waals surface area contributed by atoms with Crippen LogP contribution < -0.4 is 10.6 Å². The van der Waals surface area contributed by atoms with Crippen molar-refractivity contribution in [1.29, 1.82) is 0 Å². The molecule has 0 aliphatic rings. The van der Waals surface area contributed by atoms with E-state index in [1.165, 1.54) is 21.1 Å². The molecule has 0 radical (unpaired) electrons. The molecule has 0 spiro atoms. The topological polar surface area (TPSA) is 76.7 Å². The van der Waals surface area contributed by atoms with E-state index < -0.39 is 47.4 Å². The number of alkyl halides is 3. The minimum absolute atomic E-state index is 0.406. The van der Waals surface area contributed by atoms with E-state index in [2.05, 4.69) is 0 Å². The number of carbonyl (C=O) groups is 2. The second-order valence-electron chi connectivity index (χ2n) is 4.88. The quantitative estimate of drug-likeness (QED) is 0.631. The molecule has 10 heteroatoms. The highest BCUT2D eigenvalue weighted by Crippen LogP contribution is 2.36. The Labute approximate surface area is 135 Å². The molecule has 0 atom stereocenters. The maximum Gasteiger partial charge on any atom is 0.418 e. The molecular weight excluding hydrogens is 336 g/mol. The molecule has 2 N–H and O–H groups in total. The van der Waals surface area contributed by atoms with Crippen LogP contribution in [0.5, 0.6) is 0 Å². The summed E-state index contributed by atoms with van der Waals surface area (Å²) >= 11 is 0. The summed E-state index contributed by atoms with van der Waals surface area (Å²) in [7, 11) is 2.54. The number of ether oxygens (including phenoxy) is 2. The Hall–Kier alpha value is -2.20. The number of halogens is 4. The van der Waals surface area contributed by atoms with Crippen LogP contribution in [0.25, 0.3) is 0 Å². The van der Waals surface area contributed by atoms with Crippen LogP contribution in [-0.4, -0.2) is 31.9 Å². The lowest BCUT2D eigenvalue weighted by atomic mass is 10.1. The van der Waals surface area contributed by atoms with E-state index in [4.69, 9.17) is 9.47 Å². The van der Waals surface area contributed by atoms with Crippen LogP contribution in [0.2, 0.25) is 0 Å². The second-order valence-corrected chi connectivity index (χ2v) is 4.88. The fourth-order valence-corrected chi connectivity index (χ4v) is 1.72. The number of nitrogens with one attached hydrogen (secondary N) is 2. The Morgan fingerprint density at radius 2 is 1.75 bits per heavy atom. The summed E-state index contributed by atoms with van der Waals surface area (Å²) in [6.45, 7) is 1.42. The molecular formula is C14H16F4N2O4. The largest absolute Gasteiger partial charge is 0.418 e. The smallest absolute Gasteiger partial charge is 0.353 e. The molecule has 0 aliphatic heterocycles. The highest BCUT2D eigenvalue weighted by molar-refractivity contribution is 6.01. The predicted molar refractivity (Wildman–Crippen MR) is 75.6 cm³/mol. The van der Waals surface area contributed by atoms with Crippen LogP contribution in [-0.2, 0) is 20.4 Å². The number of amides is 3. The number of carbonyl (C=O) groups excluding carboxylic acids is 2. The van der Waals surface area contributed by atoms with Gasteiger partial charge in [0, 0.05) is 14.2 Å². The Bertz CT molecular complexity index is 615. The van der Waals surface area contributed by atoms with Gasteiger partial charge in [0.2, 0.25) is 5.91 Å². The number of urea groups is 1. The van der Waals surface area contributed by atoms with Gasteiger partial charge in [0.15, 0.2) is 5.79 Å². The van der Waals surface area contributed by atoms with Crippen molar-refractivity contribution in [3.05, 3.63) is 29.6 Å². The fraction of sp³-hybridized carbons (Fsp3) is 0.429. The lowest BCUT2D eigenvalue weighted by Crippen LogP contribution is -2.41. The van der Waals surface area contributed by atoms with E-state index in [-0.39, 0.29) is 0 Å². The number of hydrogen-bond acceptors (Lipinski definition) is 4. The first kappa shape index (κ1) is 19.8. The van der Waals surface area contributed by atoms with Crippen LogP contribution in [0.3, 0.4) is 0 Å². The summed E-state index contributed by atoms with van der Waals surface area (Å²) in [4.78, 5) is 23.4. The van der Waals surface area contributed by atoms with Crippen molar-refractivity contribution in [3.63, 3.8) is 0 Å². The highest BCUT2D eigenvalue weighted by Gasteiger charge is 2.35. The monoisotopic (exact) mass is 352 g/mol. The molecule has 1 rings (SSSR count). The lowest BCUT2D eigenvalue weighted by Gasteiger charge is -2.25. The number of rotatable bonds is 5. The minimum Gasteiger partial charge on any atom is -0.353 e. The van der Waals surface area contributed by atoms with Crippen LogP contribution in [0.15, 0.2) is 18.2 Å². The Kier molecular flexibility index (Phi) is 6.27. The zero-order chi connectivity index (χ0) is 18.5. The number of benzene rings is 1. The van der Waals surface area contributed by atoms with Gasteiger partial charge in [0.25, 0.3) is 0 Å². The second kappa shape index (κ2) is 7.58. The third kappa shape index (κ3) is 5.17. The highest BCUT2D eigenvalue weighted by atomic mass is 19.4. The maximum absolute atomic E-state index is 13.6. The van der Waals surface area contributed by atoms with Crippen molar-refractivity contribution in [3.8, 4) is 0 Å². The van der Waals surface area contributed by atoms with Gasteiger partial charge in [-0.3, -0.25) is 10.1 Å². The normalized spacial score (nSPS) is 12.0. The first-order chi connectivity index (χ1) is 11.0. The number of methoxy groups -OCH3 is 2.